The number of hydrogen-bond donors (Lipinski definition) is 2. The van der Waals surface area contributed by atoms with E-state index in [4.69, 9.17) is 11.6 Å². The summed E-state index contributed by atoms with van der Waals surface area (Å²) in [6.45, 7) is 4.22. The van der Waals surface area contributed by atoms with E-state index in [1.54, 1.807) is 30.3 Å². The molecule has 0 bridgehead atoms. The highest BCUT2D eigenvalue weighted by atomic mass is 35.5. The molecule has 1 heterocycles. The van der Waals surface area contributed by atoms with Crippen molar-refractivity contribution in [2.75, 3.05) is 11.9 Å². The molecule has 28 heavy (non-hydrogen) atoms. The van der Waals surface area contributed by atoms with Crippen LogP contribution in [0.25, 0.3) is 5.69 Å². The van der Waals surface area contributed by atoms with Crippen LogP contribution in [0.4, 0.5) is 5.69 Å². The average molecular weight is 398 g/mol. The summed E-state index contributed by atoms with van der Waals surface area (Å²) >= 11 is 6.05. The molecule has 0 unspecified atom stereocenters. The van der Waals surface area contributed by atoms with E-state index in [0.29, 0.717) is 16.4 Å². The Labute approximate surface area is 167 Å². The zero-order chi connectivity index (χ0) is 20.1. The molecule has 7 nitrogen and oxygen atoms in total. The molecule has 3 aromatic rings. The second kappa shape index (κ2) is 8.22. The first kappa shape index (κ1) is 19.6. The van der Waals surface area contributed by atoms with E-state index in [2.05, 4.69) is 20.7 Å². The molecule has 0 aliphatic carbocycles. The average Bonchev–Trinajstić information content (AvgIpc) is 3.21. The quantitative estimate of drug-likeness (QED) is 0.648. The minimum Gasteiger partial charge on any atom is -0.347 e. The first-order valence-electron chi connectivity index (χ1n) is 8.66. The fourth-order valence-electron chi connectivity index (χ4n) is 2.68. The van der Waals surface area contributed by atoms with E-state index in [1.165, 1.54) is 17.3 Å². The third-order valence-corrected chi connectivity index (χ3v) is 4.56. The van der Waals surface area contributed by atoms with Crippen LogP contribution in [0.1, 0.15) is 19.4 Å². The largest absolute Gasteiger partial charge is 0.347 e. The third kappa shape index (κ3) is 4.55. The van der Waals surface area contributed by atoms with Gasteiger partial charge >= 0.3 is 11.8 Å². The van der Waals surface area contributed by atoms with Crippen LogP contribution in [0.5, 0.6) is 0 Å². The van der Waals surface area contributed by atoms with E-state index < -0.39 is 11.8 Å². The number of carbonyl (C=O) groups excluding carboxylic acids is 2. The van der Waals surface area contributed by atoms with Crippen LogP contribution >= 0.6 is 11.6 Å². The van der Waals surface area contributed by atoms with Gasteiger partial charge in [-0.05, 0) is 29.8 Å². The van der Waals surface area contributed by atoms with Crippen molar-refractivity contribution in [2.45, 2.75) is 19.3 Å². The number of nitrogens with zero attached hydrogens (tertiary/aromatic N) is 3. The Kier molecular flexibility index (Phi) is 5.75. The summed E-state index contributed by atoms with van der Waals surface area (Å²) in [6, 6.07) is 14.5. The molecule has 2 N–H and O–H groups in total. The molecule has 2 amide bonds. The van der Waals surface area contributed by atoms with Gasteiger partial charge < -0.3 is 10.6 Å². The highest BCUT2D eigenvalue weighted by Crippen LogP contribution is 2.25. The van der Waals surface area contributed by atoms with Gasteiger partial charge in [0, 0.05) is 17.0 Å². The van der Waals surface area contributed by atoms with Crippen LogP contribution < -0.4 is 10.6 Å². The molecule has 0 atom stereocenters. The van der Waals surface area contributed by atoms with Gasteiger partial charge in [0.1, 0.15) is 12.7 Å². The SMILES string of the molecule is CC(C)(CNC(=O)C(=O)Nc1ccccc1-n1cncn1)c1cccc(Cl)c1. The number of benzene rings is 2. The van der Waals surface area contributed by atoms with Crippen molar-refractivity contribution >= 4 is 29.1 Å². The fourth-order valence-corrected chi connectivity index (χ4v) is 2.87. The van der Waals surface area contributed by atoms with Crippen LogP contribution in [0.2, 0.25) is 5.02 Å². The molecule has 0 saturated heterocycles. The molecule has 8 heteroatoms. The van der Waals surface area contributed by atoms with Crippen molar-refractivity contribution in [2.24, 2.45) is 0 Å². The first-order valence-corrected chi connectivity index (χ1v) is 9.04. The summed E-state index contributed by atoms with van der Waals surface area (Å²) < 4.78 is 1.51. The van der Waals surface area contributed by atoms with E-state index in [0.717, 1.165) is 5.56 Å². The maximum atomic E-state index is 12.4. The number of nitrogens with one attached hydrogen (secondary N) is 2. The normalized spacial score (nSPS) is 11.1. The number of para-hydroxylation sites is 2. The minimum atomic E-state index is -0.755. The molecule has 2 aromatic carbocycles. The molecule has 3 rings (SSSR count). The van der Waals surface area contributed by atoms with E-state index in [-0.39, 0.29) is 12.0 Å². The number of anilines is 1. The van der Waals surface area contributed by atoms with Gasteiger partial charge in [0.2, 0.25) is 0 Å². The molecule has 0 radical (unpaired) electrons. The minimum absolute atomic E-state index is 0.282. The lowest BCUT2D eigenvalue weighted by Gasteiger charge is -2.25. The number of aromatic nitrogens is 3. The van der Waals surface area contributed by atoms with Gasteiger partial charge in [-0.15, -0.1) is 0 Å². The van der Waals surface area contributed by atoms with Crippen molar-refractivity contribution in [3.8, 4) is 5.69 Å². The predicted molar refractivity (Wildman–Crippen MR) is 107 cm³/mol. The number of carbonyl (C=O) groups is 2. The Morgan fingerprint density at radius 3 is 2.61 bits per heavy atom. The highest BCUT2D eigenvalue weighted by molar-refractivity contribution is 6.39. The Morgan fingerprint density at radius 1 is 1.11 bits per heavy atom. The second-order valence-electron chi connectivity index (χ2n) is 6.89. The van der Waals surface area contributed by atoms with Crippen LogP contribution in [-0.2, 0) is 15.0 Å². The van der Waals surface area contributed by atoms with Crippen LogP contribution in [0, 0.1) is 0 Å². The van der Waals surface area contributed by atoms with Gasteiger partial charge in [0.05, 0.1) is 11.4 Å². The molecule has 0 aliphatic heterocycles. The summed E-state index contributed by atoms with van der Waals surface area (Å²) in [6.07, 6.45) is 2.90. The zero-order valence-electron chi connectivity index (χ0n) is 15.5. The van der Waals surface area contributed by atoms with Crippen LogP contribution in [0.3, 0.4) is 0 Å². The standard InChI is InChI=1S/C20H20ClN5O2/c1-20(2,14-6-5-7-15(21)10-14)11-23-18(27)19(28)25-16-8-3-4-9-17(16)26-13-22-12-24-26/h3-10,12-13H,11H2,1-2H3,(H,23,27)(H,25,28). The fraction of sp³-hybridized carbons (Fsp3) is 0.200. The van der Waals surface area contributed by atoms with Gasteiger partial charge in [-0.3, -0.25) is 9.59 Å². The van der Waals surface area contributed by atoms with Crippen molar-refractivity contribution in [1.82, 2.24) is 20.1 Å². The van der Waals surface area contributed by atoms with Gasteiger partial charge in [-0.25, -0.2) is 9.67 Å². The van der Waals surface area contributed by atoms with Gasteiger partial charge in [-0.1, -0.05) is 49.7 Å². The first-order chi connectivity index (χ1) is 13.4. The molecular formula is C20H20ClN5O2. The van der Waals surface area contributed by atoms with Crippen LogP contribution in [0.15, 0.2) is 61.2 Å². The number of amides is 2. The molecule has 0 saturated carbocycles. The predicted octanol–water partition coefficient (Wildman–Crippen LogP) is 2.95. The van der Waals surface area contributed by atoms with Gasteiger partial charge in [0.15, 0.2) is 0 Å². The second-order valence-corrected chi connectivity index (χ2v) is 7.32. The van der Waals surface area contributed by atoms with E-state index in [1.807, 2.05) is 32.0 Å². The summed E-state index contributed by atoms with van der Waals surface area (Å²) in [5, 5.41) is 9.99. The number of rotatable bonds is 5. The van der Waals surface area contributed by atoms with Gasteiger partial charge in [-0.2, -0.15) is 5.10 Å². The maximum absolute atomic E-state index is 12.4. The lowest BCUT2D eigenvalue weighted by Crippen LogP contribution is -2.42. The molecule has 1 aromatic heterocycles. The molecule has 0 fully saturated rings. The van der Waals surface area contributed by atoms with Gasteiger partial charge in [0.25, 0.3) is 0 Å². The summed E-state index contributed by atoms with van der Waals surface area (Å²) in [5.41, 5.74) is 1.65. The smallest absolute Gasteiger partial charge is 0.313 e. The molecule has 144 valence electrons. The summed E-state index contributed by atoms with van der Waals surface area (Å²) in [4.78, 5) is 28.6. The molecular weight excluding hydrogens is 378 g/mol. The van der Waals surface area contributed by atoms with Crippen molar-refractivity contribution in [3.05, 3.63) is 71.8 Å². The van der Waals surface area contributed by atoms with Crippen molar-refractivity contribution < 1.29 is 9.59 Å². The zero-order valence-corrected chi connectivity index (χ0v) is 16.3. The monoisotopic (exact) mass is 397 g/mol. The van der Waals surface area contributed by atoms with Crippen molar-refractivity contribution in [3.63, 3.8) is 0 Å². The Morgan fingerprint density at radius 2 is 1.89 bits per heavy atom. The van der Waals surface area contributed by atoms with Crippen LogP contribution in [-0.4, -0.2) is 33.1 Å². The number of halogens is 1. The van der Waals surface area contributed by atoms with E-state index >= 15 is 0 Å². The lowest BCUT2D eigenvalue weighted by atomic mass is 9.84. The third-order valence-electron chi connectivity index (χ3n) is 4.32. The lowest BCUT2D eigenvalue weighted by molar-refractivity contribution is -0.136. The maximum Gasteiger partial charge on any atom is 0.313 e. The Hall–Kier alpha value is -3.19. The summed E-state index contributed by atoms with van der Waals surface area (Å²) in [7, 11) is 0. The highest BCUT2D eigenvalue weighted by Gasteiger charge is 2.24. The van der Waals surface area contributed by atoms with Crippen molar-refractivity contribution in [1.29, 1.82) is 0 Å². The Balaban J connectivity index is 1.65. The Bertz CT molecular complexity index is 986. The number of hydrogen-bond acceptors (Lipinski definition) is 4. The van der Waals surface area contributed by atoms with E-state index in [9.17, 15) is 9.59 Å². The molecule has 0 aliphatic rings. The topological polar surface area (TPSA) is 88.9 Å². The molecule has 0 spiro atoms. The summed E-state index contributed by atoms with van der Waals surface area (Å²) in [5.74, 6) is -1.47.